The number of ether oxygens (including phenoxy) is 2. The lowest BCUT2D eigenvalue weighted by Gasteiger charge is -2.36. The van der Waals surface area contributed by atoms with E-state index in [-0.39, 0.29) is 17.0 Å². The standard InChI is InChI=1S/C29H35N5O4S2/c1-6-10-33-26(32-14-12-31(3)13-15-32)21(19(2)22(18-30)27(33)35)17-25-28(36)34(29(39)40-25)11-9-20-7-8-23(37-4)24(16-20)38-5/h7-8,16-17H,6,9-15H2,1-5H3/b25-17-. The number of amides is 1. The molecule has 9 nitrogen and oxygen atoms in total. The van der Waals surface area contributed by atoms with Crippen LogP contribution in [0.4, 0.5) is 5.82 Å². The van der Waals surface area contributed by atoms with E-state index in [1.54, 1.807) is 30.6 Å². The van der Waals surface area contributed by atoms with Crippen LogP contribution in [0.15, 0.2) is 27.9 Å². The predicted molar refractivity (Wildman–Crippen MR) is 163 cm³/mol. The van der Waals surface area contributed by atoms with Crippen LogP contribution in [-0.4, -0.2) is 78.6 Å². The third-order valence-electron chi connectivity index (χ3n) is 7.32. The van der Waals surface area contributed by atoms with E-state index in [0.717, 1.165) is 49.5 Å². The molecule has 0 radical (unpaired) electrons. The summed E-state index contributed by atoms with van der Waals surface area (Å²) < 4.78 is 12.9. The minimum absolute atomic E-state index is 0.113. The molecule has 0 spiro atoms. The highest BCUT2D eigenvalue weighted by Crippen LogP contribution is 2.36. The molecule has 1 aromatic carbocycles. The van der Waals surface area contributed by atoms with Crippen molar-refractivity contribution in [2.45, 2.75) is 33.2 Å². The summed E-state index contributed by atoms with van der Waals surface area (Å²) >= 11 is 6.87. The first-order chi connectivity index (χ1) is 19.2. The normalized spacial score (nSPS) is 17.1. The van der Waals surface area contributed by atoms with Gasteiger partial charge in [-0.3, -0.25) is 19.1 Å². The van der Waals surface area contributed by atoms with E-state index < -0.39 is 0 Å². The Morgan fingerprint density at radius 2 is 1.80 bits per heavy atom. The number of carbonyl (C=O) groups is 1. The number of thioether (sulfide) groups is 1. The summed E-state index contributed by atoms with van der Waals surface area (Å²) in [4.78, 5) is 33.5. The number of hydrogen-bond donors (Lipinski definition) is 0. The van der Waals surface area contributed by atoms with Gasteiger partial charge in [0.15, 0.2) is 11.5 Å². The van der Waals surface area contributed by atoms with Gasteiger partial charge >= 0.3 is 0 Å². The molecule has 0 unspecified atom stereocenters. The number of methoxy groups -OCH3 is 2. The Bertz CT molecular complexity index is 1440. The number of pyridine rings is 1. The molecule has 0 atom stereocenters. The Morgan fingerprint density at radius 3 is 2.42 bits per heavy atom. The number of piperazine rings is 1. The van der Waals surface area contributed by atoms with Crippen LogP contribution in [0, 0.1) is 18.3 Å². The largest absolute Gasteiger partial charge is 0.493 e. The third kappa shape index (κ3) is 5.89. The van der Waals surface area contributed by atoms with Gasteiger partial charge in [0.2, 0.25) is 0 Å². The highest BCUT2D eigenvalue weighted by atomic mass is 32.2. The molecule has 0 bridgehead atoms. The van der Waals surface area contributed by atoms with Crippen LogP contribution < -0.4 is 19.9 Å². The topological polar surface area (TPSA) is 91.0 Å². The molecule has 40 heavy (non-hydrogen) atoms. The summed E-state index contributed by atoms with van der Waals surface area (Å²) in [6, 6.07) is 7.81. The molecule has 2 saturated heterocycles. The zero-order chi connectivity index (χ0) is 29.0. The number of thiocarbonyl (C=S) groups is 1. The summed E-state index contributed by atoms with van der Waals surface area (Å²) in [6.07, 6.45) is 3.16. The number of benzene rings is 1. The van der Waals surface area contributed by atoms with Gasteiger partial charge in [-0.2, -0.15) is 5.26 Å². The number of nitrogens with zero attached hydrogens (tertiary/aromatic N) is 5. The molecule has 212 valence electrons. The molecule has 2 aliphatic heterocycles. The van der Waals surface area contributed by atoms with Gasteiger partial charge in [-0.1, -0.05) is 37.0 Å². The molecule has 4 rings (SSSR count). The first-order valence-electron chi connectivity index (χ1n) is 13.3. The van der Waals surface area contributed by atoms with Gasteiger partial charge in [0.1, 0.15) is 21.8 Å². The number of anilines is 1. The van der Waals surface area contributed by atoms with Crippen LogP contribution in [0.5, 0.6) is 11.5 Å². The van der Waals surface area contributed by atoms with Gasteiger partial charge < -0.3 is 19.3 Å². The third-order valence-corrected chi connectivity index (χ3v) is 8.70. The van der Waals surface area contributed by atoms with E-state index >= 15 is 0 Å². The Hall–Kier alpha value is -3.33. The van der Waals surface area contributed by atoms with E-state index in [2.05, 4.69) is 22.9 Å². The van der Waals surface area contributed by atoms with Crippen molar-refractivity contribution in [3.8, 4) is 17.6 Å². The van der Waals surface area contributed by atoms with Gasteiger partial charge in [0.05, 0.1) is 19.1 Å². The maximum absolute atomic E-state index is 13.6. The fourth-order valence-corrected chi connectivity index (χ4v) is 6.33. The van der Waals surface area contributed by atoms with Crippen molar-refractivity contribution in [1.82, 2.24) is 14.4 Å². The van der Waals surface area contributed by atoms with Crippen molar-refractivity contribution in [3.63, 3.8) is 0 Å². The van der Waals surface area contributed by atoms with Crippen molar-refractivity contribution in [2.24, 2.45) is 0 Å². The molecule has 2 aromatic rings. The van der Waals surface area contributed by atoms with Crippen molar-refractivity contribution in [3.05, 3.63) is 55.7 Å². The lowest BCUT2D eigenvalue weighted by Crippen LogP contribution is -2.47. The summed E-state index contributed by atoms with van der Waals surface area (Å²) in [5, 5.41) is 9.88. The fraction of sp³-hybridized carbons (Fsp3) is 0.448. The second kappa shape index (κ2) is 12.9. The van der Waals surface area contributed by atoms with Crippen molar-refractivity contribution in [2.75, 3.05) is 58.9 Å². The quantitative estimate of drug-likeness (QED) is 0.325. The average molecular weight is 582 g/mol. The Balaban J connectivity index is 1.69. The number of aromatic nitrogens is 1. The summed E-state index contributed by atoms with van der Waals surface area (Å²) in [5.74, 6) is 1.87. The Kier molecular flexibility index (Phi) is 9.56. The minimum atomic E-state index is -0.282. The second-order valence-corrected chi connectivity index (χ2v) is 11.5. The lowest BCUT2D eigenvalue weighted by atomic mass is 10.0. The molecule has 0 aliphatic carbocycles. The highest BCUT2D eigenvalue weighted by Gasteiger charge is 2.33. The first-order valence-corrected chi connectivity index (χ1v) is 14.5. The molecule has 2 aliphatic rings. The molecule has 0 N–H and O–H groups in total. The molecular formula is C29H35N5O4S2. The van der Waals surface area contributed by atoms with E-state index in [1.165, 1.54) is 11.8 Å². The van der Waals surface area contributed by atoms with Crippen molar-refractivity contribution >= 4 is 46.1 Å². The lowest BCUT2D eigenvalue weighted by molar-refractivity contribution is -0.122. The zero-order valence-corrected chi connectivity index (χ0v) is 25.3. The van der Waals surface area contributed by atoms with Crippen LogP contribution in [-0.2, 0) is 17.8 Å². The van der Waals surface area contributed by atoms with E-state index in [9.17, 15) is 14.9 Å². The van der Waals surface area contributed by atoms with E-state index in [1.807, 2.05) is 31.2 Å². The van der Waals surface area contributed by atoms with Crippen LogP contribution in [0.1, 0.15) is 35.6 Å². The highest BCUT2D eigenvalue weighted by molar-refractivity contribution is 8.26. The number of carbonyl (C=O) groups excluding carboxylic acids is 1. The fourth-order valence-electron chi connectivity index (χ4n) is 5.04. The van der Waals surface area contributed by atoms with Crippen molar-refractivity contribution in [1.29, 1.82) is 5.26 Å². The maximum Gasteiger partial charge on any atom is 0.270 e. The number of rotatable bonds is 9. The molecule has 1 amide bonds. The zero-order valence-electron chi connectivity index (χ0n) is 23.7. The molecule has 11 heteroatoms. The maximum atomic E-state index is 13.6. The van der Waals surface area contributed by atoms with Gasteiger partial charge in [-0.15, -0.1) is 0 Å². The average Bonchev–Trinajstić information content (AvgIpc) is 3.22. The van der Waals surface area contributed by atoms with E-state index in [4.69, 9.17) is 21.7 Å². The second-order valence-electron chi connectivity index (χ2n) is 9.87. The van der Waals surface area contributed by atoms with Crippen LogP contribution in [0.3, 0.4) is 0 Å². The molecule has 1 aromatic heterocycles. The molecule has 3 heterocycles. The van der Waals surface area contributed by atoms with Crippen LogP contribution in [0.25, 0.3) is 6.08 Å². The predicted octanol–water partition coefficient (Wildman–Crippen LogP) is 3.65. The molecular weight excluding hydrogens is 546 g/mol. The molecule has 2 fully saturated rings. The molecule has 0 saturated carbocycles. The number of nitriles is 1. The first kappa shape index (κ1) is 29.6. The van der Waals surface area contributed by atoms with Gasteiger partial charge in [-0.25, -0.2) is 0 Å². The van der Waals surface area contributed by atoms with Gasteiger partial charge in [0.25, 0.3) is 11.5 Å². The number of hydrogen-bond acceptors (Lipinski definition) is 9. The van der Waals surface area contributed by atoms with Crippen LogP contribution >= 0.6 is 24.0 Å². The van der Waals surface area contributed by atoms with E-state index in [0.29, 0.717) is 45.8 Å². The summed E-state index contributed by atoms with van der Waals surface area (Å²) in [5.41, 5.74) is 2.14. The SMILES string of the molecule is CCCn1c(N2CCN(C)CC2)c(/C=C2\SC(=S)N(CCc3ccc(OC)c(OC)c3)C2=O)c(C)c(C#N)c1=O. The minimum Gasteiger partial charge on any atom is -0.493 e. The smallest absolute Gasteiger partial charge is 0.270 e. The summed E-state index contributed by atoms with van der Waals surface area (Å²) in [6.45, 7) is 7.92. The van der Waals surface area contributed by atoms with Gasteiger partial charge in [-0.05, 0) is 56.1 Å². The number of likely N-dealkylation sites (N-methyl/N-ethyl adjacent to an activating group) is 1. The van der Waals surface area contributed by atoms with Crippen molar-refractivity contribution < 1.29 is 14.3 Å². The van der Waals surface area contributed by atoms with Crippen LogP contribution in [0.2, 0.25) is 0 Å². The Labute approximate surface area is 244 Å². The monoisotopic (exact) mass is 581 g/mol. The van der Waals surface area contributed by atoms with Gasteiger partial charge in [0, 0.05) is 44.8 Å². The Morgan fingerprint density at radius 1 is 1.10 bits per heavy atom. The summed E-state index contributed by atoms with van der Waals surface area (Å²) in [7, 11) is 5.26.